The third kappa shape index (κ3) is 3.68. The summed E-state index contributed by atoms with van der Waals surface area (Å²) in [4.78, 5) is -0.111. The lowest BCUT2D eigenvalue weighted by molar-refractivity contribution is 0.450. The lowest BCUT2D eigenvalue weighted by Crippen LogP contribution is -2.13. The van der Waals surface area contributed by atoms with Gasteiger partial charge in [-0.25, -0.2) is 8.60 Å². The van der Waals surface area contributed by atoms with Gasteiger partial charge in [0.1, 0.15) is 9.73 Å². The molecule has 0 aliphatic rings. The Balaban J connectivity index is 2.24. The molecular formula is C19H16FNO3S2. The van der Waals surface area contributed by atoms with Crippen LogP contribution < -0.4 is 0 Å². The summed E-state index contributed by atoms with van der Waals surface area (Å²) in [5.74, 6) is 0. The highest BCUT2D eigenvalue weighted by atomic mass is 32.3. The fourth-order valence-corrected chi connectivity index (χ4v) is 6.36. The van der Waals surface area contributed by atoms with E-state index in [9.17, 15) is 12.6 Å². The first-order chi connectivity index (χ1) is 12.4. The zero-order valence-electron chi connectivity index (χ0n) is 13.6. The molecule has 0 radical (unpaired) electrons. The second-order valence-electron chi connectivity index (χ2n) is 5.47. The molecule has 0 aliphatic carbocycles. The molecule has 7 heteroatoms. The minimum absolute atomic E-state index is 0.0239. The van der Waals surface area contributed by atoms with Gasteiger partial charge in [0, 0.05) is 0 Å². The van der Waals surface area contributed by atoms with Crippen LogP contribution >= 0.6 is 0 Å². The molecule has 0 aliphatic heterocycles. The fraction of sp³-hybridized carbons (Fsp3) is 0.0526. The van der Waals surface area contributed by atoms with Crippen LogP contribution in [0.5, 0.6) is 0 Å². The van der Waals surface area contributed by atoms with Gasteiger partial charge >= 0.3 is 0 Å². The summed E-state index contributed by atoms with van der Waals surface area (Å²) in [6.07, 6.45) is 0. The lowest BCUT2D eigenvalue weighted by Gasteiger charge is -2.15. The normalized spacial score (nSPS) is 15.0. The molecule has 134 valence electrons. The van der Waals surface area contributed by atoms with Gasteiger partial charge in [-0.1, -0.05) is 70.5 Å². The fourth-order valence-electron chi connectivity index (χ4n) is 2.39. The average Bonchev–Trinajstić information content (AvgIpc) is 2.69. The van der Waals surface area contributed by atoms with E-state index < -0.39 is 25.3 Å². The molecule has 26 heavy (non-hydrogen) atoms. The van der Waals surface area contributed by atoms with Gasteiger partial charge in [-0.15, -0.1) is 0 Å². The lowest BCUT2D eigenvalue weighted by atomic mass is 10.2. The molecule has 0 saturated carbocycles. The van der Waals surface area contributed by atoms with Crippen molar-refractivity contribution in [3.8, 4) is 0 Å². The average molecular weight is 389 g/mol. The van der Waals surface area contributed by atoms with Gasteiger partial charge in [0.2, 0.25) is 5.50 Å². The number of hydrogen-bond acceptors (Lipinski definition) is 3. The predicted molar refractivity (Wildman–Crippen MR) is 99.2 cm³/mol. The zero-order chi connectivity index (χ0) is 18.6. The second kappa shape index (κ2) is 7.39. The van der Waals surface area contributed by atoms with Crippen molar-refractivity contribution in [2.24, 2.45) is 3.77 Å². The van der Waals surface area contributed by atoms with E-state index >= 15 is 4.39 Å². The van der Waals surface area contributed by atoms with E-state index in [0.29, 0.717) is 0 Å². The SMILES string of the molecule is O=S(=O)(N=S(=O)(c1ccccc1)C(F)c1ccccc1)c1ccccc1. The molecule has 4 nitrogen and oxygen atoms in total. The van der Waals surface area contributed by atoms with Gasteiger partial charge in [-0.2, -0.15) is 8.42 Å². The third-order valence-electron chi connectivity index (χ3n) is 3.67. The number of halogens is 1. The molecule has 0 heterocycles. The van der Waals surface area contributed by atoms with E-state index in [0.717, 1.165) is 0 Å². The molecule has 0 aromatic heterocycles. The molecule has 0 bridgehead atoms. The molecule has 3 aromatic rings. The topological polar surface area (TPSA) is 63.6 Å². The first-order valence-corrected chi connectivity index (χ1v) is 10.8. The van der Waals surface area contributed by atoms with Gasteiger partial charge in [0.05, 0.1) is 9.79 Å². The summed E-state index contributed by atoms with van der Waals surface area (Å²) in [6, 6.07) is 22.8. The Morgan fingerprint density at radius 3 is 1.58 bits per heavy atom. The van der Waals surface area contributed by atoms with E-state index in [2.05, 4.69) is 3.77 Å². The van der Waals surface area contributed by atoms with Gasteiger partial charge < -0.3 is 0 Å². The predicted octanol–water partition coefficient (Wildman–Crippen LogP) is 4.57. The third-order valence-corrected chi connectivity index (χ3v) is 7.99. The molecule has 0 fully saturated rings. The zero-order valence-corrected chi connectivity index (χ0v) is 15.2. The first kappa shape index (κ1) is 18.3. The molecule has 3 rings (SSSR count). The van der Waals surface area contributed by atoms with Crippen molar-refractivity contribution in [2.45, 2.75) is 15.3 Å². The number of rotatable bonds is 5. The van der Waals surface area contributed by atoms with Crippen LogP contribution in [0.4, 0.5) is 4.39 Å². The van der Waals surface area contributed by atoms with Gasteiger partial charge in [0.25, 0.3) is 10.0 Å². The van der Waals surface area contributed by atoms with Crippen LogP contribution in [0.25, 0.3) is 0 Å². The maximum atomic E-state index is 15.3. The van der Waals surface area contributed by atoms with Crippen LogP contribution in [-0.4, -0.2) is 12.6 Å². The first-order valence-electron chi connectivity index (χ1n) is 7.75. The number of sulfonamides is 1. The largest absolute Gasteiger partial charge is 0.290 e. The summed E-state index contributed by atoms with van der Waals surface area (Å²) in [5.41, 5.74) is -1.99. The van der Waals surface area contributed by atoms with Crippen molar-refractivity contribution in [3.05, 3.63) is 96.6 Å². The van der Waals surface area contributed by atoms with Crippen molar-refractivity contribution in [2.75, 3.05) is 0 Å². The number of nitrogens with zero attached hydrogens (tertiary/aromatic N) is 1. The van der Waals surface area contributed by atoms with Crippen LogP contribution in [-0.2, 0) is 19.8 Å². The van der Waals surface area contributed by atoms with E-state index in [1.165, 1.54) is 48.5 Å². The maximum absolute atomic E-state index is 15.3. The Morgan fingerprint density at radius 1 is 0.654 bits per heavy atom. The van der Waals surface area contributed by atoms with Crippen molar-refractivity contribution in [1.82, 2.24) is 0 Å². The minimum atomic E-state index is -4.31. The van der Waals surface area contributed by atoms with Gasteiger partial charge in [-0.05, 0) is 29.8 Å². The molecule has 0 saturated heterocycles. The molecule has 2 unspecified atom stereocenters. The molecule has 3 aromatic carbocycles. The van der Waals surface area contributed by atoms with E-state index in [4.69, 9.17) is 0 Å². The molecular weight excluding hydrogens is 373 g/mol. The molecule has 0 amide bonds. The van der Waals surface area contributed by atoms with Crippen LogP contribution in [0.3, 0.4) is 0 Å². The Bertz CT molecular complexity index is 1090. The maximum Gasteiger partial charge on any atom is 0.290 e. The van der Waals surface area contributed by atoms with E-state index in [-0.39, 0.29) is 15.4 Å². The van der Waals surface area contributed by atoms with Crippen LogP contribution in [0, 0.1) is 0 Å². The Labute approximate surface area is 152 Å². The van der Waals surface area contributed by atoms with E-state index in [1.807, 2.05) is 0 Å². The second-order valence-corrected chi connectivity index (χ2v) is 9.51. The van der Waals surface area contributed by atoms with Crippen molar-refractivity contribution in [3.63, 3.8) is 0 Å². The van der Waals surface area contributed by atoms with E-state index in [1.54, 1.807) is 42.5 Å². The van der Waals surface area contributed by atoms with Crippen LogP contribution in [0.2, 0.25) is 0 Å². The number of hydrogen-bond donors (Lipinski definition) is 0. The Hall–Kier alpha value is -2.51. The standard InChI is InChI=1S/C19H16FNO3S2/c20-19(16-10-4-1-5-11-16)25(22,17-12-6-2-7-13-17)21-26(23,24)18-14-8-3-9-15-18/h1-15,19H. The van der Waals surface area contributed by atoms with Gasteiger partial charge in [0.15, 0.2) is 0 Å². The van der Waals surface area contributed by atoms with Crippen LogP contribution in [0.1, 0.15) is 11.1 Å². The molecule has 0 N–H and O–H groups in total. The minimum Gasteiger partial charge on any atom is -0.240 e. The monoisotopic (exact) mass is 389 g/mol. The van der Waals surface area contributed by atoms with Crippen LogP contribution in [0.15, 0.2) is 105 Å². The molecule has 0 spiro atoms. The Morgan fingerprint density at radius 2 is 1.08 bits per heavy atom. The molecule has 2 atom stereocenters. The summed E-state index contributed by atoms with van der Waals surface area (Å²) >= 11 is 0. The highest BCUT2D eigenvalue weighted by Crippen LogP contribution is 2.34. The highest BCUT2D eigenvalue weighted by Gasteiger charge is 2.30. The summed E-state index contributed by atoms with van der Waals surface area (Å²) in [6.45, 7) is 0. The quantitative estimate of drug-likeness (QED) is 0.642. The summed E-state index contributed by atoms with van der Waals surface area (Å²) in [5, 5.41) is 0. The number of benzene rings is 3. The Kier molecular flexibility index (Phi) is 5.20. The van der Waals surface area contributed by atoms with Crippen molar-refractivity contribution < 1.29 is 17.0 Å². The summed E-state index contributed by atoms with van der Waals surface area (Å²) in [7, 11) is -8.24. The van der Waals surface area contributed by atoms with Gasteiger partial charge in [-0.3, -0.25) is 0 Å². The summed E-state index contributed by atoms with van der Waals surface area (Å²) < 4.78 is 57.7. The number of alkyl halides is 1. The highest BCUT2D eigenvalue weighted by molar-refractivity contribution is 8.03. The van der Waals surface area contributed by atoms with Crippen molar-refractivity contribution >= 4 is 19.8 Å². The smallest absolute Gasteiger partial charge is 0.240 e. The van der Waals surface area contributed by atoms with Crippen molar-refractivity contribution in [1.29, 1.82) is 0 Å².